The van der Waals surface area contributed by atoms with Crippen LogP contribution in [-0.2, 0) is 21.9 Å². The van der Waals surface area contributed by atoms with Gasteiger partial charge in [-0.2, -0.15) is 0 Å². The van der Waals surface area contributed by atoms with Crippen molar-refractivity contribution in [3.05, 3.63) is 41.7 Å². The summed E-state index contributed by atoms with van der Waals surface area (Å²) in [6, 6.07) is 6.26. The van der Waals surface area contributed by atoms with E-state index in [4.69, 9.17) is 0 Å². The third-order valence-electron chi connectivity index (χ3n) is 3.92. The maximum atomic E-state index is 12.7. The van der Waals surface area contributed by atoms with E-state index in [0.717, 1.165) is 0 Å². The SMILES string of the molecule is CCC(=O)Nc1cccc(NS(=O)(=O)c2cc(C(=O)NC)n(C)c2)c1C. The lowest BCUT2D eigenvalue weighted by atomic mass is 10.1. The molecule has 2 aromatic rings. The Hall–Kier alpha value is -2.81. The molecule has 0 bridgehead atoms. The van der Waals surface area contributed by atoms with Gasteiger partial charge in [-0.3, -0.25) is 14.3 Å². The minimum atomic E-state index is -3.89. The number of benzene rings is 1. The number of carbonyl (C=O) groups is 2. The second kappa shape index (κ2) is 7.61. The van der Waals surface area contributed by atoms with Crippen LogP contribution in [0.3, 0.4) is 0 Å². The molecule has 9 heteroatoms. The maximum Gasteiger partial charge on any atom is 0.267 e. The van der Waals surface area contributed by atoms with Gasteiger partial charge in [0.25, 0.3) is 15.9 Å². The molecule has 0 fully saturated rings. The van der Waals surface area contributed by atoms with Crippen LogP contribution in [0.1, 0.15) is 29.4 Å². The number of anilines is 2. The van der Waals surface area contributed by atoms with Crippen molar-refractivity contribution in [1.82, 2.24) is 9.88 Å². The van der Waals surface area contributed by atoms with E-state index in [9.17, 15) is 18.0 Å². The number of hydrogen-bond donors (Lipinski definition) is 3. The average molecular weight is 378 g/mol. The number of nitrogens with zero attached hydrogens (tertiary/aromatic N) is 1. The van der Waals surface area contributed by atoms with Crippen molar-refractivity contribution < 1.29 is 18.0 Å². The van der Waals surface area contributed by atoms with Gasteiger partial charge in [-0.05, 0) is 30.7 Å². The zero-order chi connectivity index (χ0) is 19.5. The second-order valence-corrected chi connectivity index (χ2v) is 7.42. The molecular formula is C17H22N4O4S. The molecule has 0 atom stereocenters. The number of sulfonamides is 1. The van der Waals surface area contributed by atoms with E-state index < -0.39 is 10.0 Å². The van der Waals surface area contributed by atoms with Crippen LogP contribution in [0.2, 0.25) is 0 Å². The van der Waals surface area contributed by atoms with Gasteiger partial charge in [0.05, 0.1) is 5.69 Å². The van der Waals surface area contributed by atoms with E-state index in [1.807, 2.05) is 0 Å². The van der Waals surface area contributed by atoms with Gasteiger partial charge in [-0.1, -0.05) is 13.0 Å². The van der Waals surface area contributed by atoms with Crippen LogP contribution in [0.5, 0.6) is 0 Å². The van der Waals surface area contributed by atoms with Crippen LogP contribution < -0.4 is 15.4 Å². The van der Waals surface area contributed by atoms with Crippen molar-refractivity contribution in [1.29, 1.82) is 0 Å². The van der Waals surface area contributed by atoms with E-state index in [2.05, 4.69) is 15.4 Å². The van der Waals surface area contributed by atoms with Crippen LogP contribution in [-0.4, -0.2) is 31.8 Å². The lowest BCUT2D eigenvalue weighted by Gasteiger charge is -2.13. The van der Waals surface area contributed by atoms with Gasteiger partial charge in [0.15, 0.2) is 0 Å². The van der Waals surface area contributed by atoms with Crippen molar-refractivity contribution in [3.63, 3.8) is 0 Å². The molecular weight excluding hydrogens is 356 g/mol. The highest BCUT2D eigenvalue weighted by Crippen LogP contribution is 2.26. The summed E-state index contributed by atoms with van der Waals surface area (Å²) in [5.74, 6) is -0.541. The van der Waals surface area contributed by atoms with Gasteiger partial charge in [-0.25, -0.2) is 8.42 Å². The Kier molecular flexibility index (Phi) is 5.71. The lowest BCUT2D eigenvalue weighted by molar-refractivity contribution is -0.115. The molecule has 0 saturated heterocycles. The Morgan fingerprint density at radius 3 is 2.46 bits per heavy atom. The largest absolute Gasteiger partial charge is 0.354 e. The molecule has 2 amide bonds. The Morgan fingerprint density at radius 1 is 1.19 bits per heavy atom. The first-order valence-corrected chi connectivity index (χ1v) is 9.48. The van der Waals surface area contributed by atoms with Gasteiger partial charge in [0.2, 0.25) is 5.91 Å². The molecule has 1 heterocycles. The zero-order valence-electron chi connectivity index (χ0n) is 15.1. The summed E-state index contributed by atoms with van der Waals surface area (Å²) in [7, 11) is -0.827. The molecule has 2 rings (SSSR count). The van der Waals surface area contributed by atoms with Crippen molar-refractivity contribution in [2.75, 3.05) is 17.1 Å². The van der Waals surface area contributed by atoms with Crippen molar-refractivity contribution in [2.45, 2.75) is 25.2 Å². The third-order valence-corrected chi connectivity index (χ3v) is 5.26. The standard InChI is InChI=1S/C17H22N4O4S/c1-5-16(22)19-13-7-6-8-14(11(13)2)20-26(24,25)12-9-15(17(23)18-3)21(4)10-12/h6-10,20H,5H2,1-4H3,(H,18,23)(H,19,22). The Bertz CT molecular complexity index is 948. The zero-order valence-corrected chi connectivity index (χ0v) is 15.9. The average Bonchev–Trinajstić information content (AvgIpc) is 3.00. The van der Waals surface area contributed by atoms with E-state index in [1.54, 1.807) is 39.1 Å². The molecule has 0 aliphatic heterocycles. The molecule has 1 aromatic heterocycles. The minimum Gasteiger partial charge on any atom is -0.354 e. The van der Waals surface area contributed by atoms with Crippen LogP contribution >= 0.6 is 0 Å². The number of hydrogen-bond acceptors (Lipinski definition) is 4. The highest BCUT2D eigenvalue weighted by molar-refractivity contribution is 7.92. The van der Waals surface area contributed by atoms with Gasteiger partial charge < -0.3 is 15.2 Å². The number of carbonyl (C=O) groups excluding carboxylic acids is 2. The lowest BCUT2D eigenvalue weighted by Crippen LogP contribution is -2.20. The fourth-order valence-corrected chi connectivity index (χ4v) is 3.55. The monoisotopic (exact) mass is 378 g/mol. The molecule has 0 aliphatic carbocycles. The van der Waals surface area contributed by atoms with E-state index in [1.165, 1.54) is 23.9 Å². The first kappa shape index (κ1) is 19.5. The maximum absolute atomic E-state index is 12.7. The highest BCUT2D eigenvalue weighted by Gasteiger charge is 2.21. The Morgan fingerprint density at radius 2 is 1.85 bits per heavy atom. The number of aromatic nitrogens is 1. The molecule has 140 valence electrons. The predicted molar refractivity (Wildman–Crippen MR) is 99.7 cm³/mol. The molecule has 1 aromatic carbocycles. The molecule has 0 saturated carbocycles. The molecule has 0 aliphatic rings. The first-order chi connectivity index (χ1) is 12.2. The molecule has 26 heavy (non-hydrogen) atoms. The molecule has 8 nitrogen and oxygen atoms in total. The number of aryl methyl sites for hydroxylation is 1. The predicted octanol–water partition coefficient (Wildman–Crippen LogP) is 1.84. The molecule has 0 unspecified atom stereocenters. The molecule has 3 N–H and O–H groups in total. The van der Waals surface area contributed by atoms with Crippen LogP contribution in [0.4, 0.5) is 11.4 Å². The summed E-state index contributed by atoms with van der Waals surface area (Å²) >= 11 is 0. The van der Waals surface area contributed by atoms with E-state index in [-0.39, 0.29) is 22.4 Å². The topological polar surface area (TPSA) is 109 Å². The smallest absolute Gasteiger partial charge is 0.267 e. The quantitative estimate of drug-likeness (QED) is 0.712. The fraction of sp³-hybridized carbons (Fsp3) is 0.294. The second-order valence-electron chi connectivity index (χ2n) is 5.74. The van der Waals surface area contributed by atoms with Crippen LogP contribution in [0.25, 0.3) is 0 Å². The van der Waals surface area contributed by atoms with Gasteiger partial charge in [-0.15, -0.1) is 0 Å². The first-order valence-electron chi connectivity index (χ1n) is 8.00. The summed E-state index contributed by atoms with van der Waals surface area (Å²) in [4.78, 5) is 23.3. The van der Waals surface area contributed by atoms with E-state index >= 15 is 0 Å². The fourth-order valence-electron chi connectivity index (χ4n) is 2.36. The van der Waals surface area contributed by atoms with Crippen molar-refractivity contribution in [2.24, 2.45) is 7.05 Å². The summed E-state index contributed by atoms with van der Waals surface area (Å²) in [6.07, 6.45) is 1.69. The normalized spacial score (nSPS) is 11.1. The minimum absolute atomic E-state index is 0.0269. The number of rotatable bonds is 6. The molecule has 0 radical (unpaired) electrons. The summed E-state index contributed by atoms with van der Waals surface area (Å²) in [5, 5.41) is 5.19. The van der Waals surface area contributed by atoms with Crippen molar-refractivity contribution in [3.8, 4) is 0 Å². The Balaban J connectivity index is 2.34. The van der Waals surface area contributed by atoms with Gasteiger partial charge in [0, 0.05) is 32.4 Å². The Labute approximate surface area is 152 Å². The van der Waals surface area contributed by atoms with Crippen molar-refractivity contribution >= 4 is 33.2 Å². The van der Waals surface area contributed by atoms with Crippen LogP contribution in [0, 0.1) is 6.92 Å². The number of nitrogens with one attached hydrogen (secondary N) is 3. The third kappa shape index (κ3) is 4.05. The molecule has 0 spiro atoms. The van der Waals surface area contributed by atoms with Gasteiger partial charge in [0.1, 0.15) is 10.6 Å². The highest BCUT2D eigenvalue weighted by atomic mass is 32.2. The van der Waals surface area contributed by atoms with Crippen LogP contribution in [0.15, 0.2) is 35.4 Å². The summed E-state index contributed by atoms with van der Waals surface area (Å²) in [5.41, 5.74) is 1.72. The van der Waals surface area contributed by atoms with Gasteiger partial charge >= 0.3 is 0 Å². The summed E-state index contributed by atoms with van der Waals surface area (Å²) in [6.45, 7) is 3.45. The number of amides is 2. The van der Waals surface area contributed by atoms with E-state index in [0.29, 0.717) is 23.4 Å². The summed E-state index contributed by atoms with van der Waals surface area (Å²) < 4.78 is 29.3.